The molecule has 0 aromatic heterocycles. The number of ether oxygens (including phenoxy) is 1. The molecule has 0 saturated heterocycles. The fourth-order valence-corrected chi connectivity index (χ4v) is 3.15. The van der Waals surface area contributed by atoms with E-state index in [9.17, 15) is 4.79 Å². The predicted molar refractivity (Wildman–Crippen MR) is 68.4 cm³/mol. The first-order valence-corrected chi connectivity index (χ1v) is 6.41. The predicted octanol–water partition coefficient (Wildman–Crippen LogP) is 3.49. The molecule has 2 nitrogen and oxygen atoms in total. The van der Waals surface area contributed by atoms with Crippen molar-refractivity contribution in [1.29, 1.82) is 0 Å². The quantitative estimate of drug-likeness (QED) is 0.424. The molecular formula is C15H22O2. The van der Waals surface area contributed by atoms with E-state index in [1.807, 2.05) is 13.8 Å². The molecule has 94 valence electrons. The van der Waals surface area contributed by atoms with Gasteiger partial charge in [0.05, 0.1) is 0 Å². The van der Waals surface area contributed by atoms with Crippen LogP contribution in [0.4, 0.5) is 0 Å². The van der Waals surface area contributed by atoms with Crippen molar-refractivity contribution in [3.63, 3.8) is 0 Å². The smallest absolute Gasteiger partial charge is 0.331 e. The van der Waals surface area contributed by atoms with Gasteiger partial charge in [-0.3, -0.25) is 0 Å². The van der Waals surface area contributed by atoms with Crippen LogP contribution in [0, 0.1) is 17.3 Å². The lowest BCUT2D eigenvalue weighted by molar-refractivity contribution is -0.141. The van der Waals surface area contributed by atoms with E-state index in [-0.39, 0.29) is 12.1 Å². The fourth-order valence-electron chi connectivity index (χ4n) is 3.15. The van der Waals surface area contributed by atoms with Gasteiger partial charge in [0.1, 0.15) is 6.10 Å². The third-order valence-corrected chi connectivity index (χ3v) is 4.36. The Bertz CT molecular complexity index is 388. The molecule has 17 heavy (non-hydrogen) atoms. The van der Waals surface area contributed by atoms with Crippen LogP contribution >= 0.6 is 0 Å². The Kier molecular flexibility index (Phi) is 2.92. The maximum absolute atomic E-state index is 11.6. The van der Waals surface area contributed by atoms with Crippen molar-refractivity contribution in [2.24, 2.45) is 17.3 Å². The molecular weight excluding hydrogens is 212 g/mol. The molecule has 2 heteroatoms. The molecule has 3 atom stereocenters. The molecule has 2 aliphatic carbocycles. The summed E-state index contributed by atoms with van der Waals surface area (Å²) in [5.74, 6) is 1.01. The minimum Gasteiger partial charge on any atom is -0.455 e. The Balaban J connectivity index is 2.00. The summed E-state index contributed by atoms with van der Waals surface area (Å²) < 4.78 is 5.50. The maximum atomic E-state index is 11.6. The van der Waals surface area contributed by atoms with E-state index in [1.54, 1.807) is 6.08 Å². The van der Waals surface area contributed by atoms with E-state index < -0.39 is 0 Å². The van der Waals surface area contributed by atoms with Gasteiger partial charge in [-0.15, -0.1) is 0 Å². The second-order valence-corrected chi connectivity index (χ2v) is 6.07. The van der Waals surface area contributed by atoms with Crippen LogP contribution < -0.4 is 0 Å². The Hall–Kier alpha value is -1.05. The first-order chi connectivity index (χ1) is 7.86. The van der Waals surface area contributed by atoms with Gasteiger partial charge in [0, 0.05) is 6.08 Å². The summed E-state index contributed by atoms with van der Waals surface area (Å²) in [4.78, 5) is 11.6. The second-order valence-electron chi connectivity index (χ2n) is 6.07. The van der Waals surface area contributed by atoms with Crippen LogP contribution in [0.1, 0.15) is 40.5 Å². The van der Waals surface area contributed by atoms with Gasteiger partial charge in [0.2, 0.25) is 0 Å². The summed E-state index contributed by atoms with van der Waals surface area (Å²) in [6.45, 7) is 12.4. The molecule has 3 unspecified atom stereocenters. The van der Waals surface area contributed by atoms with Crippen LogP contribution in [0.15, 0.2) is 23.8 Å². The highest BCUT2D eigenvalue weighted by atomic mass is 16.5. The molecule has 2 fully saturated rings. The lowest BCUT2D eigenvalue weighted by Crippen LogP contribution is -2.19. The second kappa shape index (κ2) is 4.01. The van der Waals surface area contributed by atoms with E-state index in [0.29, 0.717) is 17.3 Å². The molecule has 0 spiro atoms. The SMILES string of the molecule is C=C1C(OC(=O)C=C(C)C)CC2(C(C)C)CC12. The fraction of sp³-hybridized carbons (Fsp3) is 0.667. The van der Waals surface area contributed by atoms with Crippen molar-refractivity contribution in [1.82, 2.24) is 0 Å². The highest BCUT2D eigenvalue weighted by Crippen LogP contribution is 2.69. The standard InChI is InChI=1S/C15H22O2/c1-9(2)6-14(16)17-13-8-15(10(3)4)7-12(15)11(13)5/h6,10,12-13H,5,7-8H2,1-4H3. The highest BCUT2D eigenvalue weighted by molar-refractivity contribution is 5.83. The zero-order valence-corrected chi connectivity index (χ0v) is 11.2. The molecule has 0 amide bonds. The average Bonchev–Trinajstić information content (AvgIpc) is 2.84. The summed E-state index contributed by atoms with van der Waals surface area (Å²) in [7, 11) is 0. The summed E-state index contributed by atoms with van der Waals surface area (Å²) in [5.41, 5.74) is 2.49. The maximum Gasteiger partial charge on any atom is 0.331 e. The Morgan fingerprint density at radius 1 is 1.47 bits per heavy atom. The van der Waals surface area contributed by atoms with Crippen molar-refractivity contribution < 1.29 is 9.53 Å². The Labute approximate surface area is 104 Å². The molecule has 0 N–H and O–H groups in total. The molecule has 0 aromatic rings. The molecule has 0 aliphatic heterocycles. The highest BCUT2D eigenvalue weighted by Gasteiger charge is 2.64. The first-order valence-electron chi connectivity index (χ1n) is 6.41. The van der Waals surface area contributed by atoms with E-state index in [2.05, 4.69) is 20.4 Å². The van der Waals surface area contributed by atoms with E-state index in [4.69, 9.17) is 4.74 Å². The van der Waals surface area contributed by atoms with Gasteiger partial charge in [-0.05, 0) is 49.5 Å². The van der Waals surface area contributed by atoms with Gasteiger partial charge in [-0.25, -0.2) is 4.79 Å². The lowest BCUT2D eigenvalue weighted by Gasteiger charge is -2.19. The largest absolute Gasteiger partial charge is 0.455 e. The van der Waals surface area contributed by atoms with Crippen LogP contribution in [-0.4, -0.2) is 12.1 Å². The number of hydrogen-bond acceptors (Lipinski definition) is 2. The van der Waals surface area contributed by atoms with Gasteiger partial charge < -0.3 is 4.74 Å². The summed E-state index contributed by atoms with van der Waals surface area (Å²) in [6, 6.07) is 0. The molecule has 0 aromatic carbocycles. The van der Waals surface area contributed by atoms with Gasteiger partial charge in [-0.2, -0.15) is 0 Å². The third-order valence-electron chi connectivity index (χ3n) is 4.36. The van der Waals surface area contributed by atoms with E-state index in [0.717, 1.165) is 17.6 Å². The average molecular weight is 234 g/mol. The number of rotatable bonds is 3. The van der Waals surface area contributed by atoms with Crippen LogP contribution in [0.5, 0.6) is 0 Å². The third kappa shape index (κ3) is 2.05. The normalized spacial score (nSPS) is 34.5. The summed E-state index contributed by atoms with van der Waals surface area (Å²) in [5, 5.41) is 0. The molecule has 0 bridgehead atoms. The van der Waals surface area contributed by atoms with E-state index >= 15 is 0 Å². The summed E-state index contributed by atoms with van der Waals surface area (Å²) >= 11 is 0. The number of carbonyl (C=O) groups is 1. The van der Waals surface area contributed by atoms with Crippen molar-refractivity contribution in [2.45, 2.75) is 46.6 Å². The minimum atomic E-state index is -0.226. The van der Waals surface area contributed by atoms with Gasteiger partial charge in [0.15, 0.2) is 0 Å². The van der Waals surface area contributed by atoms with Crippen molar-refractivity contribution in [3.05, 3.63) is 23.8 Å². The lowest BCUT2D eigenvalue weighted by atomic mass is 9.89. The number of esters is 1. The monoisotopic (exact) mass is 234 g/mol. The molecule has 2 aliphatic rings. The minimum absolute atomic E-state index is 0.0563. The molecule has 0 radical (unpaired) electrons. The number of hydrogen-bond donors (Lipinski definition) is 0. The summed E-state index contributed by atoms with van der Waals surface area (Å²) in [6.07, 6.45) is 3.70. The Morgan fingerprint density at radius 3 is 2.59 bits per heavy atom. The Morgan fingerprint density at radius 2 is 2.12 bits per heavy atom. The molecule has 2 saturated carbocycles. The number of carbonyl (C=O) groups excluding carboxylic acids is 1. The molecule has 2 rings (SSSR count). The number of fused-ring (bicyclic) bond motifs is 1. The zero-order chi connectivity index (χ0) is 12.8. The van der Waals surface area contributed by atoms with Crippen molar-refractivity contribution >= 4 is 5.97 Å². The molecule has 0 heterocycles. The topological polar surface area (TPSA) is 26.3 Å². The van der Waals surface area contributed by atoms with Gasteiger partial charge >= 0.3 is 5.97 Å². The van der Waals surface area contributed by atoms with E-state index in [1.165, 1.54) is 6.42 Å². The van der Waals surface area contributed by atoms with Crippen molar-refractivity contribution in [2.75, 3.05) is 0 Å². The van der Waals surface area contributed by atoms with Crippen LogP contribution in [0.3, 0.4) is 0 Å². The van der Waals surface area contributed by atoms with Crippen molar-refractivity contribution in [3.8, 4) is 0 Å². The van der Waals surface area contributed by atoms with Gasteiger partial charge in [0.25, 0.3) is 0 Å². The van der Waals surface area contributed by atoms with Crippen LogP contribution in [0.2, 0.25) is 0 Å². The van der Waals surface area contributed by atoms with Crippen LogP contribution in [0.25, 0.3) is 0 Å². The first kappa shape index (κ1) is 12.4. The van der Waals surface area contributed by atoms with Crippen LogP contribution in [-0.2, 0) is 9.53 Å². The number of allylic oxidation sites excluding steroid dienone is 1. The zero-order valence-electron chi connectivity index (χ0n) is 11.2. The van der Waals surface area contributed by atoms with Gasteiger partial charge in [-0.1, -0.05) is 26.0 Å².